The Morgan fingerprint density at radius 1 is 1.28 bits per heavy atom. The number of piperidine rings is 1. The van der Waals surface area contributed by atoms with Crippen LogP contribution in [-0.2, 0) is 4.79 Å². The third-order valence-corrected chi connectivity index (χ3v) is 6.22. The standard InChI is InChI=1S/C23H29ClN6O2/c1-14-8-16(24)11-18(9-14)29(2)20(31)10-15-4-3-7-30(13-15)19-12-26-21(22(25)32)23(28-19)27-17-5-6-17/h8-9,11-12,15,17H,3-7,10,13H2,1-2H3,(H2,25,32)(H,27,28)/t15-/m0/s1. The van der Waals surface area contributed by atoms with E-state index in [1.165, 1.54) is 0 Å². The Labute approximate surface area is 193 Å². The maximum absolute atomic E-state index is 13.0. The van der Waals surface area contributed by atoms with E-state index in [0.29, 0.717) is 35.7 Å². The molecule has 2 amide bonds. The second-order valence-electron chi connectivity index (χ2n) is 8.81. The number of primary amides is 1. The molecule has 1 saturated carbocycles. The van der Waals surface area contributed by atoms with Gasteiger partial charge in [-0.05, 0) is 62.3 Å². The van der Waals surface area contributed by atoms with Crippen molar-refractivity contribution >= 4 is 40.7 Å². The molecular weight excluding hydrogens is 428 g/mol. The van der Waals surface area contributed by atoms with Crippen molar-refractivity contribution < 1.29 is 9.59 Å². The Morgan fingerprint density at radius 2 is 2.06 bits per heavy atom. The number of carbonyl (C=O) groups is 2. The Bertz CT molecular complexity index is 1010. The highest BCUT2D eigenvalue weighted by Gasteiger charge is 2.28. The first-order valence-electron chi connectivity index (χ1n) is 11.0. The highest BCUT2D eigenvalue weighted by molar-refractivity contribution is 6.31. The lowest BCUT2D eigenvalue weighted by atomic mass is 9.94. The zero-order chi connectivity index (χ0) is 22.8. The summed E-state index contributed by atoms with van der Waals surface area (Å²) in [7, 11) is 1.79. The van der Waals surface area contributed by atoms with E-state index in [1.807, 2.05) is 25.1 Å². The van der Waals surface area contributed by atoms with Crippen molar-refractivity contribution in [2.24, 2.45) is 11.7 Å². The van der Waals surface area contributed by atoms with Crippen molar-refractivity contribution in [2.75, 3.05) is 35.3 Å². The smallest absolute Gasteiger partial charge is 0.271 e. The minimum atomic E-state index is -0.589. The van der Waals surface area contributed by atoms with Crippen LogP contribution in [0.2, 0.25) is 5.02 Å². The molecule has 170 valence electrons. The van der Waals surface area contributed by atoms with Crippen molar-refractivity contribution in [3.8, 4) is 0 Å². The molecule has 9 heteroatoms. The van der Waals surface area contributed by atoms with Gasteiger partial charge < -0.3 is 20.9 Å². The number of hydrogen-bond donors (Lipinski definition) is 2. The minimum Gasteiger partial charge on any atom is -0.365 e. The van der Waals surface area contributed by atoms with Gasteiger partial charge in [-0.2, -0.15) is 0 Å². The van der Waals surface area contributed by atoms with E-state index >= 15 is 0 Å². The molecule has 1 aromatic heterocycles. The first-order valence-corrected chi connectivity index (χ1v) is 11.4. The molecule has 2 fully saturated rings. The molecule has 4 rings (SSSR count). The topological polar surface area (TPSA) is 104 Å². The monoisotopic (exact) mass is 456 g/mol. The molecule has 0 radical (unpaired) electrons. The van der Waals surface area contributed by atoms with Crippen molar-refractivity contribution in [3.63, 3.8) is 0 Å². The van der Waals surface area contributed by atoms with Crippen molar-refractivity contribution in [3.05, 3.63) is 40.7 Å². The van der Waals surface area contributed by atoms with Crippen LogP contribution in [0.5, 0.6) is 0 Å². The van der Waals surface area contributed by atoms with E-state index in [9.17, 15) is 9.59 Å². The summed E-state index contributed by atoms with van der Waals surface area (Å²) in [6.45, 7) is 3.51. The van der Waals surface area contributed by atoms with Crippen molar-refractivity contribution in [1.82, 2.24) is 9.97 Å². The molecule has 1 aliphatic carbocycles. The molecule has 0 unspecified atom stereocenters. The number of hydrogen-bond acceptors (Lipinski definition) is 6. The molecule has 2 aliphatic rings. The van der Waals surface area contributed by atoms with Gasteiger partial charge in [0.15, 0.2) is 11.5 Å². The number of anilines is 3. The second kappa shape index (κ2) is 9.32. The van der Waals surface area contributed by atoms with Gasteiger partial charge in [-0.3, -0.25) is 9.59 Å². The maximum Gasteiger partial charge on any atom is 0.271 e. The predicted octanol–water partition coefficient (Wildman–Crippen LogP) is 3.38. The fraction of sp³-hybridized carbons (Fsp3) is 0.478. The highest BCUT2D eigenvalue weighted by Crippen LogP contribution is 2.29. The number of nitrogens with two attached hydrogens (primary N) is 1. The van der Waals surface area contributed by atoms with E-state index in [-0.39, 0.29) is 17.5 Å². The number of halogens is 1. The summed E-state index contributed by atoms with van der Waals surface area (Å²) < 4.78 is 0. The number of nitrogens with one attached hydrogen (secondary N) is 1. The van der Waals surface area contributed by atoms with Gasteiger partial charge in [-0.15, -0.1) is 0 Å². The zero-order valence-electron chi connectivity index (χ0n) is 18.5. The number of amides is 2. The number of carbonyl (C=O) groups excluding carboxylic acids is 2. The molecular formula is C23H29ClN6O2. The van der Waals surface area contributed by atoms with Crippen LogP contribution >= 0.6 is 11.6 Å². The number of nitrogens with zero attached hydrogens (tertiary/aromatic N) is 4. The largest absolute Gasteiger partial charge is 0.365 e. The van der Waals surface area contributed by atoms with Crippen LogP contribution < -0.4 is 20.9 Å². The van der Waals surface area contributed by atoms with Gasteiger partial charge >= 0.3 is 0 Å². The predicted molar refractivity (Wildman–Crippen MR) is 126 cm³/mol. The van der Waals surface area contributed by atoms with Gasteiger partial charge in [-0.25, -0.2) is 9.97 Å². The second-order valence-corrected chi connectivity index (χ2v) is 9.24. The summed E-state index contributed by atoms with van der Waals surface area (Å²) in [5.74, 6) is 0.829. The number of aryl methyl sites for hydroxylation is 1. The Hall–Kier alpha value is -2.87. The first kappa shape index (κ1) is 22.3. The number of rotatable bonds is 7. The molecule has 1 saturated heterocycles. The van der Waals surface area contributed by atoms with Crippen LogP contribution in [0.25, 0.3) is 0 Å². The third-order valence-electron chi connectivity index (χ3n) is 6.01. The summed E-state index contributed by atoms with van der Waals surface area (Å²) in [5, 5.41) is 3.88. The Kier molecular flexibility index (Phi) is 6.50. The summed E-state index contributed by atoms with van der Waals surface area (Å²) in [4.78, 5) is 37.4. The van der Waals surface area contributed by atoms with Crippen LogP contribution in [0, 0.1) is 12.8 Å². The molecule has 2 heterocycles. The molecule has 1 aliphatic heterocycles. The van der Waals surface area contributed by atoms with Gasteiger partial charge in [0.05, 0.1) is 6.20 Å². The van der Waals surface area contributed by atoms with Crippen molar-refractivity contribution in [2.45, 2.75) is 45.1 Å². The van der Waals surface area contributed by atoms with E-state index in [1.54, 1.807) is 18.1 Å². The average Bonchev–Trinajstić information content (AvgIpc) is 3.56. The normalized spacial score (nSPS) is 18.3. The Balaban J connectivity index is 1.44. The molecule has 1 atom stereocenters. The van der Waals surface area contributed by atoms with E-state index < -0.39 is 5.91 Å². The summed E-state index contributed by atoms with van der Waals surface area (Å²) >= 11 is 6.16. The SMILES string of the molecule is Cc1cc(Cl)cc(N(C)C(=O)C[C@@H]2CCCN(c3cnc(C(N)=O)c(NC4CC4)n3)C2)c1. The zero-order valence-corrected chi connectivity index (χ0v) is 19.2. The molecule has 32 heavy (non-hydrogen) atoms. The molecule has 0 spiro atoms. The lowest BCUT2D eigenvalue weighted by Crippen LogP contribution is -2.39. The summed E-state index contributed by atoms with van der Waals surface area (Å²) in [6, 6.07) is 5.97. The number of aromatic nitrogens is 2. The molecule has 2 aromatic rings. The van der Waals surface area contributed by atoms with Gasteiger partial charge in [0.25, 0.3) is 5.91 Å². The van der Waals surface area contributed by atoms with E-state index in [0.717, 1.165) is 43.5 Å². The first-order chi connectivity index (χ1) is 15.3. The summed E-state index contributed by atoms with van der Waals surface area (Å²) in [6.07, 6.45) is 6.09. The summed E-state index contributed by atoms with van der Waals surface area (Å²) in [5.41, 5.74) is 7.46. The van der Waals surface area contributed by atoms with Crippen LogP contribution in [-0.4, -0.2) is 48.0 Å². The van der Waals surface area contributed by atoms with Crippen LogP contribution in [0.1, 0.15) is 48.2 Å². The third kappa shape index (κ3) is 5.30. The van der Waals surface area contributed by atoms with E-state index in [2.05, 4.69) is 20.2 Å². The fourth-order valence-corrected chi connectivity index (χ4v) is 4.40. The van der Waals surface area contributed by atoms with Crippen molar-refractivity contribution in [1.29, 1.82) is 0 Å². The fourth-order valence-electron chi connectivity index (χ4n) is 4.11. The molecule has 1 aromatic carbocycles. The van der Waals surface area contributed by atoms with Crippen LogP contribution in [0.15, 0.2) is 24.4 Å². The highest BCUT2D eigenvalue weighted by atomic mass is 35.5. The van der Waals surface area contributed by atoms with Gasteiger partial charge in [0.2, 0.25) is 5.91 Å². The van der Waals surface area contributed by atoms with Crippen LogP contribution in [0.3, 0.4) is 0 Å². The van der Waals surface area contributed by atoms with E-state index in [4.69, 9.17) is 17.3 Å². The molecule has 3 N–H and O–H groups in total. The number of benzene rings is 1. The quantitative estimate of drug-likeness (QED) is 0.661. The van der Waals surface area contributed by atoms with Gasteiger partial charge in [-0.1, -0.05) is 11.6 Å². The minimum absolute atomic E-state index is 0.0600. The lowest BCUT2D eigenvalue weighted by molar-refractivity contribution is -0.119. The van der Waals surface area contributed by atoms with Crippen LogP contribution in [0.4, 0.5) is 17.3 Å². The molecule has 8 nitrogen and oxygen atoms in total. The maximum atomic E-state index is 13.0. The molecule has 0 bridgehead atoms. The Morgan fingerprint density at radius 3 is 2.75 bits per heavy atom. The average molecular weight is 457 g/mol. The lowest BCUT2D eigenvalue weighted by Gasteiger charge is -2.34. The van der Waals surface area contributed by atoms with Gasteiger partial charge in [0.1, 0.15) is 5.82 Å². The van der Waals surface area contributed by atoms with Gasteiger partial charge in [0, 0.05) is 43.3 Å².